The van der Waals surface area contributed by atoms with Gasteiger partial charge in [0.2, 0.25) is 11.8 Å². The van der Waals surface area contributed by atoms with Crippen LogP contribution in [0.1, 0.15) is 24.8 Å². The Bertz CT molecular complexity index is 579. The molecule has 0 bridgehead atoms. The monoisotopic (exact) mass is 369 g/mol. The topological polar surface area (TPSA) is 61.4 Å². The fourth-order valence-corrected chi connectivity index (χ4v) is 3.95. The lowest BCUT2D eigenvalue weighted by atomic mass is 10.1. The second-order valence-electron chi connectivity index (χ2n) is 6.03. The molecule has 0 spiro atoms. The summed E-state index contributed by atoms with van der Waals surface area (Å²) in [5, 5.41) is 6.36. The predicted octanol–water partition coefficient (Wildman–Crippen LogP) is 1.95. The number of anilines is 1. The van der Waals surface area contributed by atoms with Gasteiger partial charge in [-0.3, -0.25) is 9.59 Å². The van der Waals surface area contributed by atoms with E-state index >= 15 is 0 Å². The highest BCUT2D eigenvalue weighted by Gasteiger charge is 2.21. The summed E-state index contributed by atoms with van der Waals surface area (Å²) < 4.78 is 0. The highest BCUT2D eigenvalue weighted by molar-refractivity contribution is 7.99. The maximum Gasteiger partial charge on any atom is 0.227 e. The molecule has 0 aliphatic carbocycles. The van der Waals surface area contributed by atoms with Crippen molar-refractivity contribution in [2.24, 2.45) is 0 Å². The largest absolute Gasteiger partial charge is 0.352 e. The molecule has 3 rings (SSSR count). The van der Waals surface area contributed by atoms with E-state index in [-0.39, 0.29) is 30.3 Å². The summed E-state index contributed by atoms with van der Waals surface area (Å²) in [5.74, 6) is 2.39. The minimum Gasteiger partial charge on any atom is -0.352 e. The summed E-state index contributed by atoms with van der Waals surface area (Å²) >= 11 is 1.90. The van der Waals surface area contributed by atoms with Crippen LogP contribution >= 0.6 is 24.2 Å². The van der Waals surface area contributed by atoms with E-state index in [9.17, 15) is 9.59 Å². The van der Waals surface area contributed by atoms with Gasteiger partial charge in [0, 0.05) is 55.7 Å². The van der Waals surface area contributed by atoms with E-state index in [4.69, 9.17) is 0 Å². The number of carbonyl (C=O) groups is 2. The zero-order valence-corrected chi connectivity index (χ0v) is 15.3. The minimum absolute atomic E-state index is 0. The van der Waals surface area contributed by atoms with E-state index in [1.165, 1.54) is 0 Å². The number of nitrogens with one attached hydrogen (secondary N) is 2. The first kappa shape index (κ1) is 19.1. The SMILES string of the molecule is Cl.O=C(CC1CSCCN1)NCc1cccc(N2CCCC2=O)c1. The molecule has 1 unspecified atom stereocenters. The molecule has 2 fully saturated rings. The van der Waals surface area contributed by atoms with E-state index in [2.05, 4.69) is 10.6 Å². The Labute approximate surface area is 153 Å². The second-order valence-corrected chi connectivity index (χ2v) is 7.18. The Hall–Kier alpha value is -1.24. The van der Waals surface area contributed by atoms with Crippen molar-refractivity contribution in [2.75, 3.05) is 29.5 Å². The third-order valence-electron chi connectivity index (χ3n) is 4.22. The van der Waals surface area contributed by atoms with Gasteiger partial charge in [-0.2, -0.15) is 11.8 Å². The third kappa shape index (κ3) is 5.13. The maximum atomic E-state index is 12.1. The van der Waals surface area contributed by atoms with Gasteiger partial charge in [-0.25, -0.2) is 0 Å². The van der Waals surface area contributed by atoms with Gasteiger partial charge < -0.3 is 15.5 Å². The summed E-state index contributed by atoms with van der Waals surface area (Å²) in [6.07, 6.45) is 2.08. The van der Waals surface area contributed by atoms with Crippen molar-refractivity contribution in [3.05, 3.63) is 29.8 Å². The highest BCUT2D eigenvalue weighted by Crippen LogP contribution is 2.22. The number of halogens is 1. The van der Waals surface area contributed by atoms with Crippen LogP contribution in [0.2, 0.25) is 0 Å². The van der Waals surface area contributed by atoms with Crippen molar-refractivity contribution in [3.63, 3.8) is 0 Å². The van der Waals surface area contributed by atoms with E-state index in [1.54, 1.807) is 0 Å². The van der Waals surface area contributed by atoms with Crippen molar-refractivity contribution in [1.29, 1.82) is 0 Å². The highest BCUT2D eigenvalue weighted by atomic mass is 35.5. The number of hydrogen-bond acceptors (Lipinski definition) is 4. The van der Waals surface area contributed by atoms with E-state index < -0.39 is 0 Å². The third-order valence-corrected chi connectivity index (χ3v) is 5.35. The van der Waals surface area contributed by atoms with Crippen LogP contribution < -0.4 is 15.5 Å². The molecular formula is C17H24ClN3O2S. The van der Waals surface area contributed by atoms with Crippen molar-refractivity contribution < 1.29 is 9.59 Å². The molecule has 2 saturated heterocycles. The maximum absolute atomic E-state index is 12.1. The van der Waals surface area contributed by atoms with Gasteiger partial charge in [0.15, 0.2) is 0 Å². The van der Waals surface area contributed by atoms with Crippen LogP contribution in [0.4, 0.5) is 5.69 Å². The number of thioether (sulfide) groups is 1. The molecule has 0 aromatic heterocycles. The lowest BCUT2D eigenvalue weighted by Crippen LogP contribution is -2.41. The molecule has 0 saturated carbocycles. The molecule has 1 aromatic carbocycles. The summed E-state index contributed by atoms with van der Waals surface area (Å²) in [5.41, 5.74) is 1.96. The first-order valence-electron chi connectivity index (χ1n) is 8.19. The predicted molar refractivity (Wildman–Crippen MR) is 101 cm³/mol. The molecule has 132 valence electrons. The zero-order valence-electron chi connectivity index (χ0n) is 13.6. The van der Waals surface area contributed by atoms with Gasteiger partial charge in [-0.15, -0.1) is 12.4 Å². The number of amides is 2. The number of hydrogen-bond donors (Lipinski definition) is 2. The summed E-state index contributed by atoms with van der Waals surface area (Å²) in [6.45, 7) is 2.28. The molecule has 7 heteroatoms. The standard InChI is InChI=1S/C17H23N3O2S.ClH/c21-16(10-14-12-23-8-6-18-14)19-11-13-3-1-4-15(9-13)20-7-2-5-17(20)22;/h1,3-4,9,14,18H,2,5-8,10-12H2,(H,19,21);1H. The fourth-order valence-electron chi connectivity index (χ4n) is 3.00. The number of nitrogens with zero attached hydrogens (tertiary/aromatic N) is 1. The van der Waals surface area contributed by atoms with Crippen LogP contribution in [0.25, 0.3) is 0 Å². The van der Waals surface area contributed by atoms with Crippen LogP contribution in [-0.4, -0.2) is 42.5 Å². The van der Waals surface area contributed by atoms with Gasteiger partial charge in [-0.05, 0) is 24.1 Å². The first-order valence-corrected chi connectivity index (χ1v) is 9.35. The van der Waals surface area contributed by atoms with Gasteiger partial charge in [0.25, 0.3) is 0 Å². The van der Waals surface area contributed by atoms with Crippen LogP contribution in [0.15, 0.2) is 24.3 Å². The van der Waals surface area contributed by atoms with Gasteiger partial charge in [0.05, 0.1) is 0 Å². The Kier molecular flexibility index (Phi) is 7.40. The Morgan fingerprint density at radius 1 is 1.42 bits per heavy atom. The normalized spacial score (nSPS) is 20.6. The Balaban J connectivity index is 0.00000208. The van der Waals surface area contributed by atoms with Crippen LogP contribution in [-0.2, 0) is 16.1 Å². The quantitative estimate of drug-likeness (QED) is 0.832. The molecule has 2 aliphatic heterocycles. The van der Waals surface area contributed by atoms with Crippen LogP contribution in [0.5, 0.6) is 0 Å². The number of rotatable bonds is 5. The zero-order chi connectivity index (χ0) is 16.1. The second kappa shape index (κ2) is 9.30. The first-order chi connectivity index (χ1) is 11.2. The van der Waals surface area contributed by atoms with Gasteiger partial charge >= 0.3 is 0 Å². The van der Waals surface area contributed by atoms with Crippen LogP contribution in [0.3, 0.4) is 0 Å². The Morgan fingerprint density at radius 3 is 3.00 bits per heavy atom. The lowest BCUT2D eigenvalue weighted by Gasteiger charge is -2.22. The van der Waals surface area contributed by atoms with Crippen molar-refractivity contribution in [3.8, 4) is 0 Å². The molecule has 2 heterocycles. The minimum atomic E-state index is 0. The molecule has 1 aromatic rings. The van der Waals surface area contributed by atoms with E-state index in [1.807, 2.05) is 40.9 Å². The molecule has 2 amide bonds. The van der Waals surface area contributed by atoms with E-state index in [0.29, 0.717) is 19.4 Å². The van der Waals surface area contributed by atoms with Gasteiger partial charge in [-0.1, -0.05) is 12.1 Å². The Morgan fingerprint density at radius 2 is 2.29 bits per heavy atom. The summed E-state index contributed by atoms with van der Waals surface area (Å²) in [6, 6.07) is 8.17. The van der Waals surface area contributed by atoms with Crippen molar-refractivity contribution in [1.82, 2.24) is 10.6 Å². The number of carbonyl (C=O) groups excluding carboxylic acids is 2. The fraction of sp³-hybridized carbons (Fsp3) is 0.529. The smallest absolute Gasteiger partial charge is 0.227 e. The molecule has 0 radical (unpaired) electrons. The van der Waals surface area contributed by atoms with E-state index in [0.717, 1.165) is 42.3 Å². The molecule has 5 nitrogen and oxygen atoms in total. The average molecular weight is 370 g/mol. The van der Waals surface area contributed by atoms with Gasteiger partial charge in [0.1, 0.15) is 0 Å². The summed E-state index contributed by atoms with van der Waals surface area (Å²) in [4.78, 5) is 25.7. The lowest BCUT2D eigenvalue weighted by molar-refractivity contribution is -0.121. The molecular weight excluding hydrogens is 346 g/mol. The van der Waals surface area contributed by atoms with Crippen molar-refractivity contribution >= 4 is 41.7 Å². The van der Waals surface area contributed by atoms with Crippen molar-refractivity contribution in [2.45, 2.75) is 31.8 Å². The average Bonchev–Trinajstić information content (AvgIpc) is 3.00. The van der Waals surface area contributed by atoms with Crippen LogP contribution in [0, 0.1) is 0 Å². The molecule has 1 atom stereocenters. The molecule has 24 heavy (non-hydrogen) atoms. The molecule has 2 aliphatic rings. The number of benzene rings is 1. The summed E-state index contributed by atoms with van der Waals surface area (Å²) in [7, 11) is 0. The molecule has 2 N–H and O–H groups in total.